The van der Waals surface area contributed by atoms with E-state index in [4.69, 9.17) is 37.0 Å². The van der Waals surface area contributed by atoms with Crippen LogP contribution >= 0.6 is 15.6 Å². The van der Waals surface area contributed by atoms with Gasteiger partial charge in [-0.05, 0) is 49.4 Å². The second kappa shape index (κ2) is 62.6. The molecule has 0 aliphatic rings. The third-order valence-corrected chi connectivity index (χ3v) is 18.7. The number of hydrogen-bond acceptors (Lipinski definition) is 15. The van der Waals surface area contributed by atoms with Crippen molar-refractivity contribution >= 4 is 39.5 Å². The molecule has 0 amide bonds. The van der Waals surface area contributed by atoms with Crippen molar-refractivity contribution in [2.75, 3.05) is 39.6 Å². The number of rotatable bonds is 70. The highest BCUT2D eigenvalue weighted by Gasteiger charge is 2.30. The van der Waals surface area contributed by atoms with Crippen molar-refractivity contribution in [2.45, 2.75) is 382 Å². The number of aliphatic hydroxyl groups excluding tert-OH is 1. The molecule has 0 saturated heterocycles. The highest BCUT2D eigenvalue weighted by molar-refractivity contribution is 7.47. The standard InChI is InChI=1S/C73H142O17P2/c1-63(2)49-41-33-25-18-12-9-10-14-21-29-37-45-53-70(75)83-59-68(89-73(78)56-48-40-31-23-17-16-20-27-35-43-51-65(5)6)61-87-91(79,80)85-57-67(74)58-86-92(81,82)88-62-69(60-84-71(76)54-46-38-32-24-28-36-44-52-66(7)8)90-72(77)55-47-39-30-22-15-11-13-19-26-34-42-50-64(3)4/h63-69,74H,9-62H2,1-8H3,(H,79,80)(H,81,82)/t67?,68-,69-/m1/s1. The molecule has 0 aliphatic carbocycles. The maximum atomic E-state index is 13.0. The Hall–Kier alpha value is -1.94. The van der Waals surface area contributed by atoms with Crippen LogP contribution in [0.3, 0.4) is 0 Å². The Morgan fingerprint density at radius 3 is 0.674 bits per heavy atom. The molecule has 0 aromatic heterocycles. The van der Waals surface area contributed by atoms with E-state index in [2.05, 4.69) is 55.4 Å². The van der Waals surface area contributed by atoms with Crippen LogP contribution in [-0.2, 0) is 65.4 Å². The molecule has 0 bridgehead atoms. The first-order chi connectivity index (χ1) is 44.1. The van der Waals surface area contributed by atoms with Crippen LogP contribution in [0.5, 0.6) is 0 Å². The fourth-order valence-corrected chi connectivity index (χ4v) is 12.6. The molecule has 0 rings (SSSR count). The Morgan fingerprint density at radius 1 is 0.272 bits per heavy atom. The molecule has 0 aliphatic heterocycles. The molecular formula is C73H142O17P2. The highest BCUT2D eigenvalue weighted by atomic mass is 31.2. The largest absolute Gasteiger partial charge is 0.472 e. The molecule has 3 unspecified atom stereocenters. The summed E-state index contributed by atoms with van der Waals surface area (Å²) < 4.78 is 68.4. The summed E-state index contributed by atoms with van der Waals surface area (Å²) in [5.41, 5.74) is 0. The quantitative estimate of drug-likeness (QED) is 0.0222. The number of carbonyl (C=O) groups excluding carboxylic acids is 4. The summed E-state index contributed by atoms with van der Waals surface area (Å²) >= 11 is 0. The number of phosphoric ester groups is 2. The second-order valence-electron chi connectivity index (χ2n) is 28.2. The van der Waals surface area contributed by atoms with Crippen LogP contribution < -0.4 is 0 Å². The molecule has 0 fully saturated rings. The van der Waals surface area contributed by atoms with Gasteiger partial charge in [-0.15, -0.1) is 0 Å². The first-order valence-electron chi connectivity index (χ1n) is 37.7. The first-order valence-corrected chi connectivity index (χ1v) is 40.7. The summed E-state index contributed by atoms with van der Waals surface area (Å²) in [6, 6.07) is 0. The molecule has 0 radical (unpaired) electrons. The van der Waals surface area contributed by atoms with Crippen molar-refractivity contribution in [1.82, 2.24) is 0 Å². The Bertz CT molecular complexity index is 1820. The molecule has 92 heavy (non-hydrogen) atoms. The second-order valence-corrected chi connectivity index (χ2v) is 31.1. The van der Waals surface area contributed by atoms with Crippen LogP contribution in [0.2, 0.25) is 0 Å². The van der Waals surface area contributed by atoms with Crippen molar-refractivity contribution in [3.8, 4) is 0 Å². The first kappa shape index (κ1) is 90.1. The smallest absolute Gasteiger partial charge is 0.462 e. The molecule has 0 aromatic carbocycles. The van der Waals surface area contributed by atoms with E-state index >= 15 is 0 Å². The zero-order valence-electron chi connectivity index (χ0n) is 60.2. The molecule has 3 N–H and O–H groups in total. The number of unbranched alkanes of at least 4 members (excludes halogenated alkanes) is 36. The molecule has 0 aromatic rings. The van der Waals surface area contributed by atoms with Crippen LogP contribution in [0.25, 0.3) is 0 Å². The lowest BCUT2D eigenvalue weighted by Gasteiger charge is -2.21. The van der Waals surface area contributed by atoms with Gasteiger partial charge >= 0.3 is 39.5 Å². The van der Waals surface area contributed by atoms with Gasteiger partial charge in [0.05, 0.1) is 26.4 Å². The Labute approximate surface area is 562 Å². The molecule has 0 heterocycles. The summed E-state index contributed by atoms with van der Waals surface area (Å²) in [7, 11) is -9.91. The highest BCUT2D eigenvalue weighted by Crippen LogP contribution is 2.45. The van der Waals surface area contributed by atoms with Gasteiger partial charge in [0, 0.05) is 25.7 Å². The van der Waals surface area contributed by atoms with Gasteiger partial charge in [-0.3, -0.25) is 37.3 Å². The third kappa shape index (κ3) is 66.7. The van der Waals surface area contributed by atoms with Crippen LogP contribution in [-0.4, -0.2) is 96.7 Å². The average molecular weight is 1350 g/mol. The van der Waals surface area contributed by atoms with E-state index in [1.165, 1.54) is 161 Å². The number of esters is 4. The minimum absolute atomic E-state index is 0.105. The van der Waals surface area contributed by atoms with Crippen molar-refractivity contribution in [3.05, 3.63) is 0 Å². The van der Waals surface area contributed by atoms with E-state index < -0.39 is 97.5 Å². The van der Waals surface area contributed by atoms with E-state index in [1.807, 2.05) is 0 Å². The SMILES string of the molecule is CC(C)CCCCCCCCCCCCCCC(=O)OC[C@H](COP(=O)(O)OCC(O)COP(=O)(O)OC[C@@H](COC(=O)CCCCCCCCCC(C)C)OC(=O)CCCCCCCCCCCCCC(C)C)OC(=O)CCCCCCCCCCCCC(C)C. The molecule has 546 valence electrons. The predicted octanol–water partition coefficient (Wildman–Crippen LogP) is 20.9. The van der Waals surface area contributed by atoms with Gasteiger partial charge in [0.25, 0.3) is 0 Å². The maximum Gasteiger partial charge on any atom is 0.472 e. The Morgan fingerprint density at radius 2 is 0.457 bits per heavy atom. The fourth-order valence-electron chi connectivity index (χ4n) is 11.0. The average Bonchev–Trinajstić information content (AvgIpc) is 1.42. The zero-order valence-corrected chi connectivity index (χ0v) is 62.0. The van der Waals surface area contributed by atoms with E-state index in [9.17, 15) is 43.2 Å². The van der Waals surface area contributed by atoms with E-state index in [1.54, 1.807) is 0 Å². The van der Waals surface area contributed by atoms with E-state index in [0.29, 0.717) is 31.6 Å². The maximum absolute atomic E-state index is 13.0. The van der Waals surface area contributed by atoms with Crippen molar-refractivity contribution in [3.63, 3.8) is 0 Å². The fraction of sp³-hybridized carbons (Fsp3) is 0.945. The van der Waals surface area contributed by atoms with Crippen LogP contribution in [0.1, 0.15) is 364 Å². The molecule has 0 spiro atoms. The summed E-state index contributed by atoms with van der Waals surface area (Å²) in [6.45, 7) is 14.1. The van der Waals surface area contributed by atoms with Crippen molar-refractivity contribution in [1.29, 1.82) is 0 Å². The van der Waals surface area contributed by atoms with Gasteiger partial charge in [0.2, 0.25) is 0 Å². The van der Waals surface area contributed by atoms with Gasteiger partial charge < -0.3 is 33.8 Å². The van der Waals surface area contributed by atoms with E-state index in [0.717, 1.165) is 114 Å². The molecule has 17 nitrogen and oxygen atoms in total. The minimum Gasteiger partial charge on any atom is -0.462 e. The van der Waals surface area contributed by atoms with Gasteiger partial charge in [0.15, 0.2) is 12.2 Å². The van der Waals surface area contributed by atoms with Crippen molar-refractivity contribution < 1.29 is 80.2 Å². The summed E-state index contributed by atoms with van der Waals surface area (Å²) in [5, 5.41) is 10.6. The predicted molar refractivity (Wildman–Crippen MR) is 372 cm³/mol. The summed E-state index contributed by atoms with van der Waals surface area (Å²) in [5.74, 6) is 0.879. The lowest BCUT2D eigenvalue weighted by atomic mass is 10.0. The van der Waals surface area contributed by atoms with Crippen LogP contribution in [0.15, 0.2) is 0 Å². The lowest BCUT2D eigenvalue weighted by Crippen LogP contribution is -2.30. The van der Waals surface area contributed by atoms with Gasteiger partial charge in [0.1, 0.15) is 19.3 Å². The van der Waals surface area contributed by atoms with Gasteiger partial charge in [-0.2, -0.15) is 0 Å². The zero-order chi connectivity index (χ0) is 68.2. The number of carbonyl (C=O) groups is 4. The normalized spacial score (nSPS) is 14.2. The lowest BCUT2D eigenvalue weighted by molar-refractivity contribution is -0.161. The van der Waals surface area contributed by atoms with Crippen LogP contribution in [0.4, 0.5) is 0 Å². The summed E-state index contributed by atoms with van der Waals surface area (Å²) in [6.07, 6.45) is 45.8. The monoisotopic (exact) mass is 1350 g/mol. The topological polar surface area (TPSA) is 237 Å². The van der Waals surface area contributed by atoms with Crippen LogP contribution in [0, 0.1) is 23.7 Å². The molecule has 5 atom stereocenters. The number of phosphoric acid groups is 2. The van der Waals surface area contributed by atoms with Gasteiger partial charge in [-0.1, -0.05) is 312 Å². The molecule has 19 heteroatoms. The Kier molecular flexibility index (Phi) is 61.3. The third-order valence-electron chi connectivity index (χ3n) is 16.8. The molecular weight excluding hydrogens is 1210 g/mol. The number of aliphatic hydroxyl groups is 1. The number of ether oxygens (including phenoxy) is 4. The van der Waals surface area contributed by atoms with E-state index in [-0.39, 0.29) is 25.7 Å². The number of hydrogen-bond donors (Lipinski definition) is 3. The Balaban J connectivity index is 5.26. The van der Waals surface area contributed by atoms with Gasteiger partial charge in [-0.25, -0.2) is 9.13 Å². The minimum atomic E-state index is -4.95. The summed E-state index contributed by atoms with van der Waals surface area (Å²) in [4.78, 5) is 72.7. The molecule has 0 saturated carbocycles. The van der Waals surface area contributed by atoms with Crippen molar-refractivity contribution in [2.24, 2.45) is 23.7 Å².